The van der Waals surface area contributed by atoms with Crippen LogP contribution in [0.5, 0.6) is 0 Å². The predicted molar refractivity (Wildman–Crippen MR) is 84.0 cm³/mol. The summed E-state index contributed by atoms with van der Waals surface area (Å²) in [5, 5.41) is 3.44. The zero-order valence-corrected chi connectivity index (χ0v) is 11.5. The maximum atomic E-state index is 4.76. The van der Waals surface area contributed by atoms with Crippen LogP contribution in [0.2, 0.25) is 0 Å². The average molecular weight is 258 g/mol. The van der Waals surface area contributed by atoms with E-state index in [-0.39, 0.29) is 0 Å². The fourth-order valence-electron chi connectivity index (χ4n) is 2.85. The van der Waals surface area contributed by atoms with E-state index in [1.165, 1.54) is 16.5 Å². The summed E-state index contributed by atoms with van der Waals surface area (Å²) in [5.74, 6) is 0. The molecule has 0 fully saturated rings. The van der Waals surface area contributed by atoms with Crippen molar-refractivity contribution in [1.29, 1.82) is 0 Å². The molecule has 0 aliphatic rings. The molecule has 0 saturated carbocycles. The Morgan fingerprint density at radius 3 is 2.45 bits per heavy atom. The van der Waals surface area contributed by atoms with Gasteiger partial charge in [0.05, 0.1) is 11.0 Å². The quantitative estimate of drug-likeness (QED) is 0.432. The van der Waals surface area contributed by atoms with Crippen molar-refractivity contribution >= 4 is 32.8 Å². The number of hydrogen-bond donors (Lipinski definition) is 0. The molecule has 2 heteroatoms. The SMILES string of the molecule is Cc1cc(C)c2nc3nc4ccccc4cc3cc2c1. The molecule has 0 atom stereocenters. The van der Waals surface area contributed by atoms with Crippen molar-refractivity contribution in [2.24, 2.45) is 0 Å². The van der Waals surface area contributed by atoms with E-state index in [0.29, 0.717) is 0 Å². The van der Waals surface area contributed by atoms with E-state index >= 15 is 0 Å². The van der Waals surface area contributed by atoms with Crippen molar-refractivity contribution < 1.29 is 0 Å². The van der Waals surface area contributed by atoms with E-state index in [1.807, 2.05) is 18.2 Å². The minimum absolute atomic E-state index is 0.822. The van der Waals surface area contributed by atoms with Crippen LogP contribution in [0.3, 0.4) is 0 Å². The Balaban J connectivity index is 2.18. The summed E-state index contributed by atoms with van der Waals surface area (Å²) in [4.78, 5) is 9.44. The van der Waals surface area contributed by atoms with Crippen LogP contribution in [0, 0.1) is 13.8 Å². The molecule has 0 spiro atoms. The van der Waals surface area contributed by atoms with E-state index in [2.05, 4.69) is 49.2 Å². The molecule has 0 saturated heterocycles. The van der Waals surface area contributed by atoms with Crippen LogP contribution >= 0.6 is 0 Å². The van der Waals surface area contributed by atoms with Crippen LogP contribution in [0.25, 0.3) is 32.8 Å². The summed E-state index contributed by atoms with van der Waals surface area (Å²) in [6.07, 6.45) is 0. The van der Waals surface area contributed by atoms with Crippen LogP contribution in [-0.4, -0.2) is 9.97 Å². The molecule has 20 heavy (non-hydrogen) atoms. The molecular weight excluding hydrogens is 244 g/mol. The maximum Gasteiger partial charge on any atom is 0.160 e. The van der Waals surface area contributed by atoms with E-state index in [0.717, 1.165) is 27.5 Å². The van der Waals surface area contributed by atoms with Gasteiger partial charge in [0.1, 0.15) is 0 Å². The number of hydrogen-bond acceptors (Lipinski definition) is 2. The first-order chi connectivity index (χ1) is 9.70. The molecule has 0 amide bonds. The first kappa shape index (κ1) is 11.4. The van der Waals surface area contributed by atoms with Gasteiger partial charge in [0, 0.05) is 16.2 Å². The number of aromatic nitrogens is 2. The number of para-hydroxylation sites is 1. The highest BCUT2D eigenvalue weighted by Crippen LogP contribution is 2.25. The molecule has 0 N–H and O–H groups in total. The lowest BCUT2D eigenvalue weighted by Gasteiger charge is -2.06. The summed E-state index contributed by atoms with van der Waals surface area (Å²) >= 11 is 0. The lowest BCUT2D eigenvalue weighted by molar-refractivity contribution is 1.33. The first-order valence-electron chi connectivity index (χ1n) is 6.78. The highest BCUT2D eigenvalue weighted by atomic mass is 14.8. The Hall–Kier alpha value is -2.48. The Kier molecular flexibility index (Phi) is 2.27. The molecule has 0 aliphatic heterocycles. The van der Waals surface area contributed by atoms with Crippen molar-refractivity contribution in [1.82, 2.24) is 9.97 Å². The lowest BCUT2D eigenvalue weighted by Crippen LogP contribution is -1.90. The minimum Gasteiger partial charge on any atom is -0.228 e. The second-order valence-electron chi connectivity index (χ2n) is 5.37. The molecule has 0 aliphatic carbocycles. The molecule has 0 radical (unpaired) electrons. The van der Waals surface area contributed by atoms with E-state index in [9.17, 15) is 0 Å². The fraction of sp³-hybridized carbons (Fsp3) is 0.111. The Labute approximate surface area is 117 Å². The van der Waals surface area contributed by atoms with Gasteiger partial charge in [-0.25, -0.2) is 9.97 Å². The van der Waals surface area contributed by atoms with Gasteiger partial charge in [-0.3, -0.25) is 0 Å². The van der Waals surface area contributed by atoms with Crippen LogP contribution in [-0.2, 0) is 0 Å². The zero-order valence-electron chi connectivity index (χ0n) is 11.5. The summed E-state index contributed by atoms with van der Waals surface area (Å²) in [6, 6.07) is 16.9. The minimum atomic E-state index is 0.822. The molecule has 4 rings (SSSR count). The third-order valence-corrected chi connectivity index (χ3v) is 3.74. The van der Waals surface area contributed by atoms with Crippen molar-refractivity contribution in [2.75, 3.05) is 0 Å². The van der Waals surface area contributed by atoms with Gasteiger partial charge < -0.3 is 0 Å². The number of benzene rings is 2. The molecule has 2 heterocycles. The van der Waals surface area contributed by atoms with Gasteiger partial charge >= 0.3 is 0 Å². The summed E-state index contributed by atoms with van der Waals surface area (Å²) in [6.45, 7) is 4.23. The smallest absolute Gasteiger partial charge is 0.160 e. The predicted octanol–water partition coefficient (Wildman–Crippen LogP) is 4.55. The Bertz CT molecular complexity index is 971. The highest BCUT2D eigenvalue weighted by Gasteiger charge is 2.06. The molecule has 4 aromatic rings. The van der Waals surface area contributed by atoms with E-state index in [4.69, 9.17) is 4.98 Å². The third-order valence-electron chi connectivity index (χ3n) is 3.74. The lowest BCUT2D eigenvalue weighted by atomic mass is 10.1. The van der Waals surface area contributed by atoms with Gasteiger partial charge in [0.15, 0.2) is 5.65 Å². The monoisotopic (exact) mass is 258 g/mol. The van der Waals surface area contributed by atoms with Crippen LogP contribution in [0.15, 0.2) is 48.5 Å². The molecule has 2 aromatic heterocycles. The summed E-state index contributed by atoms with van der Waals surface area (Å²) in [7, 11) is 0. The normalized spacial score (nSPS) is 11.5. The van der Waals surface area contributed by atoms with Gasteiger partial charge in [0.2, 0.25) is 0 Å². The van der Waals surface area contributed by atoms with Gasteiger partial charge in [0.25, 0.3) is 0 Å². The third kappa shape index (κ3) is 1.65. The highest BCUT2D eigenvalue weighted by molar-refractivity contribution is 5.97. The molecule has 2 aromatic carbocycles. The van der Waals surface area contributed by atoms with Gasteiger partial charge in [-0.2, -0.15) is 0 Å². The summed E-state index contributed by atoms with van der Waals surface area (Å²) < 4.78 is 0. The molecule has 0 bridgehead atoms. The molecule has 0 unspecified atom stereocenters. The first-order valence-corrected chi connectivity index (χ1v) is 6.78. The molecule has 96 valence electrons. The number of fused-ring (bicyclic) bond motifs is 3. The van der Waals surface area contributed by atoms with Crippen LogP contribution in [0.1, 0.15) is 11.1 Å². The number of pyridine rings is 2. The molecule has 2 nitrogen and oxygen atoms in total. The van der Waals surface area contributed by atoms with Gasteiger partial charge in [-0.05, 0) is 43.7 Å². The molecular formula is C18H14N2. The van der Waals surface area contributed by atoms with E-state index < -0.39 is 0 Å². The van der Waals surface area contributed by atoms with Crippen LogP contribution in [0.4, 0.5) is 0 Å². The maximum absolute atomic E-state index is 4.76. The van der Waals surface area contributed by atoms with Crippen molar-refractivity contribution in [3.63, 3.8) is 0 Å². The topological polar surface area (TPSA) is 25.8 Å². The Morgan fingerprint density at radius 2 is 1.55 bits per heavy atom. The number of rotatable bonds is 0. The second kappa shape index (κ2) is 4.01. The second-order valence-corrected chi connectivity index (χ2v) is 5.37. The van der Waals surface area contributed by atoms with Crippen LogP contribution < -0.4 is 0 Å². The van der Waals surface area contributed by atoms with Gasteiger partial charge in [-0.1, -0.05) is 29.8 Å². The van der Waals surface area contributed by atoms with Gasteiger partial charge in [-0.15, -0.1) is 0 Å². The number of nitrogens with zero attached hydrogens (tertiary/aromatic N) is 2. The average Bonchev–Trinajstić information content (AvgIpc) is 2.43. The largest absolute Gasteiger partial charge is 0.228 e. The fourth-order valence-corrected chi connectivity index (χ4v) is 2.85. The standard InChI is InChI=1S/C18H14N2/c1-11-7-12(2)17-14(8-11)10-15-9-13-5-3-4-6-16(13)19-18(15)20-17/h3-10H,1-2H3. The number of aryl methyl sites for hydroxylation is 2. The van der Waals surface area contributed by atoms with Crippen molar-refractivity contribution in [3.8, 4) is 0 Å². The van der Waals surface area contributed by atoms with Crippen molar-refractivity contribution in [2.45, 2.75) is 13.8 Å². The Morgan fingerprint density at radius 1 is 0.750 bits per heavy atom. The van der Waals surface area contributed by atoms with Crippen molar-refractivity contribution in [3.05, 3.63) is 59.7 Å². The zero-order chi connectivity index (χ0) is 13.7. The van der Waals surface area contributed by atoms with E-state index in [1.54, 1.807) is 0 Å². The summed E-state index contributed by atoms with van der Waals surface area (Å²) in [5.41, 5.74) is 5.34.